The van der Waals surface area contributed by atoms with E-state index in [-0.39, 0.29) is 12.4 Å². The van der Waals surface area contributed by atoms with Gasteiger partial charge < -0.3 is 9.15 Å². The second-order valence-corrected chi connectivity index (χ2v) is 5.58. The van der Waals surface area contributed by atoms with Crippen LogP contribution in [0.25, 0.3) is 22.1 Å². The molecule has 4 nitrogen and oxygen atoms in total. The standard InChI is InChI=1S/C18H13ClO4/c1-11(20)10-22-15-7-4-13-8-16(18(21)23-17(13)9-15)12-2-5-14(19)6-3-12/h2-9H,10H2,1H3. The first-order chi connectivity index (χ1) is 11.0. The molecule has 5 heteroatoms. The minimum atomic E-state index is -0.441. The Morgan fingerprint density at radius 2 is 1.87 bits per heavy atom. The molecule has 0 spiro atoms. The highest BCUT2D eigenvalue weighted by Crippen LogP contribution is 2.25. The minimum absolute atomic E-state index is 0.0153. The molecule has 0 aliphatic heterocycles. The fourth-order valence-corrected chi connectivity index (χ4v) is 2.32. The van der Waals surface area contributed by atoms with Crippen molar-refractivity contribution in [2.45, 2.75) is 6.92 Å². The van der Waals surface area contributed by atoms with Crippen LogP contribution in [0.2, 0.25) is 5.02 Å². The Kier molecular flexibility index (Phi) is 4.17. The first-order valence-corrected chi connectivity index (χ1v) is 7.37. The molecule has 0 aliphatic rings. The number of benzene rings is 2. The molecular formula is C18H13ClO4. The van der Waals surface area contributed by atoms with Gasteiger partial charge in [-0.05, 0) is 42.8 Å². The van der Waals surface area contributed by atoms with Crippen LogP contribution in [-0.4, -0.2) is 12.4 Å². The molecule has 0 amide bonds. The molecule has 0 atom stereocenters. The molecule has 3 aromatic rings. The lowest BCUT2D eigenvalue weighted by molar-refractivity contribution is -0.118. The molecule has 1 aromatic heterocycles. The monoisotopic (exact) mass is 328 g/mol. The van der Waals surface area contributed by atoms with Gasteiger partial charge in [0.2, 0.25) is 0 Å². The number of carbonyl (C=O) groups excluding carboxylic acids is 1. The highest BCUT2D eigenvalue weighted by Gasteiger charge is 2.09. The Hall–Kier alpha value is -2.59. The zero-order chi connectivity index (χ0) is 16.4. The lowest BCUT2D eigenvalue weighted by Gasteiger charge is -2.06. The van der Waals surface area contributed by atoms with Crippen molar-refractivity contribution in [3.05, 3.63) is 64.0 Å². The summed E-state index contributed by atoms with van der Waals surface area (Å²) >= 11 is 5.86. The molecule has 0 bridgehead atoms. The fraction of sp³-hybridized carbons (Fsp3) is 0.111. The second kappa shape index (κ2) is 6.26. The Morgan fingerprint density at radius 3 is 2.57 bits per heavy atom. The average Bonchev–Trinajstić information content (AvgIpc) is 2.53. The molecule has 0 saturated carbocycles. The quantitative estimate of drug-likeness (QED) is 0.677. The minimum Gasteiger partial charge on any atom is -0.486 e. The van der Waals surface area contributed by atoms with Crippen molar-refractivity contribution in [3.8, 4) is 16.9 Å². The number of rotatable bonds is 4. The number of hydrogen-bond donors (Lipinski definition) is 0. The van der Waals surface area contributed by atoms with E-state index < -0.39 is 5.63 Å². The topological polar surface area (TPSA) is 56.5 Å². The van der Waals surface area contributed by atoms with Crippen molar-refractivity contribution in [1.29, 1.82) is 0 Å². The normalized spacial score (nSPS) is 10.7. The molecule has 0 N–H and O–H groups in total. The molecule has 0 unspecified atom stereocenters. The van der Waals surface area contributed by atoms with Gasteiger partial charge in [-0.3, -0.25) is 4.79 Å². The summed E-state index contributed by atoms with van der Waals surface area (Å²) in [4.78, 5) is 23.2. The predicted molar refractivity (Wildman–Crippen MR) is 89.1 cm³/mol. The summed E-state index contributed by atoms with van der Waals surface area (Å²) in [5, 5.41) is 1.37. The van der Waals surface area contributed by atoms with Gasteiger partial charge >= 0.3 is 5.63 Å². The SMILES string of the molecule is CC(=O)COc1ccc2cc(-c3ccc(Cl)cc3)c(=O)oc2c1. The third-order valence-electron chi connectivity index (χ3n) is 3.30. The van der Waals surface area contributed by atoms with Crippen molar-refractivity contribution in [1.82, 2.24) is 0 Å². The summed E-state index contributed by atoms with van der Waals surface area (Å²) in [6.07, 6.45) is 0. The van der Waals surface area contributed by atoms with Crippen molar-refractivity contribution in [3.63, 3.8) is 0 Å². The summed E-state index contributed by atoms with van der Waals surface area (Å²) in [6, 6.07) is 13.9. The smallest absolute Gasteiger partial charge is 0.344 e. The first kappa shape index (κ1) is 15.3. The van der Waals surface area contributed by atoms with E-state index in [0.29, 0.717) is 21.9 Å². The molecule has 23 heavy (non-hydrogen) atoms. The zero-order valence-electron chi connectivity index (χ0n) is 12.3. The Balaban J connectivity index is 2.02. The zero-order valence-corrected chi connectivity index (χ0v) is 13.1. The molecule has 0 fully saturated rings. The van der Waals surface area contributed by atoms with Crippen LogP contribution in [0, 0.1) is 0 Å². The van der Waals surface area contributed by atoms with Gasteiger partial charge in [0.15, 0.2) is 5.78 Å². The van der Waals surface area contributed by atoms with Crippen LogP contribution in [0.5, 0.6) is 5.75 Å². The van der Waals surface area contributed by atoms with E-state index in [0.717, 1.165) is 10.9 Å². The van der Waals surface area contributed by atoms with Crippen LogP contribution in [0.1, 0.15) is 6.92 Å². The number of fused-ring (bicyclic) bond motifs is 1. The van der Waals surface area contributed by atoms with Crippen molar-refractivity contribution in [2.24, 2.45) is 0 Å². The molecule has 2 aromatic carbocycles. The van der Waals surface area contributed by atoms with Gasteiger partial charge in [-0.1, -0.05) is 23.7 Å². The largest absolute Gasteiger partial charge is 0.486 e. The van der Waals surface area contributed by atoms with Gasteiger partial charge in [0.1, 0.15) is 17.9 Å². The summed E-state index contributed by atoms with van der Waals surface area (Å²) in [5.41, 5.74) is 1.17. The van der Waals surface area contributed by atoms with Crippen molar-refractivity contribution >= 4 is 28.4 Å². The number of carbonyl (C=O) groups is 1. The average molecular weight is 329 g/mol. The molecule has 0 aliphatic carbocycles. The summed E-state index contributed by atoms with van der Waals surface area (Å²) in [6.45, 7) is 1.43. The third-order valence-corrected chi connectivity index (χ3v) is 3.56. The third kappa shape index (κ3) is 3.43. The number of Topliss-reactive ketones (excluding diaryl/α,β-unsaturated/α-hetero) is 1. The second-order valence-electron chi connectivity index (χ2n) is 5.14. The van der Waals surface area contributed by atoms with E-state index >= 15 is 0 Å². The lowest BCUT2D eigenvalue weighted by atomic mass is 10.1. The molecule has 1 heterocycles. The summed E-state index contributed by atoms with van der Waals surface area (Å²) in [5.74, 6) is 0.403. The van der Waals surface area contributed by atoms with E-state index in [1.807, 2.05) is 0 Å². The number of halogens is 1. The van der Waals surface area contributed by atoms with Gasteiger partial charge in [0, 0.05) is 16.5 Å². The van der Waals surface area contributed by atoms with Gasteiger partial charge in [-0.25, -0.2) is 4.79 Å². The fourth-order valence-electron chi connectivity index (χ4n) is 2.20. The van der Waals surface area contributed by atoms with Gasteiger partial charge in [-0.2, -0.15) is 0 Å². The first-order valence-electron chi connectivity index (χ1n) is 6.99. The number of ketones is 1. The van der Waals surface area contributed by atoms with Crippen LogP contribution >= 0.6 is 11.6 Å². The Bertz CT molecular complexity index is 926. The molecule has 0 radical (unpaired) electrons. The highest BCUT2D eigenvalue weighted by molar-refractivity contribution is 6.30. The van der Waals surface area contributed by atoms with E-state index in [4.69, 9.17) is 20.8 Å². The van der Waals surface area contributed by atoms with E-state index in [1.54, 1.807) is 48.5 Å². The van der Waals surface area contributed by atoms with Crippen LogP contribution in [0.15, 0.2) is 57.7 Å². The van der Waals surface area contributed by atoms with E-state index in [1.165, 1.54) is 6.92 Å². The molecule has 116 valence electrons. The highest BCUT2D eigenvalue weighted by atomic mass is 35.5. The van der Waals surface area contributed by atoms with Crippen molar-refractivity contribution < 1.29 is 13.9 Å². The Morgan fingerprint density at radius 1 is 1.13 bits per heavy atom. The van der Waals surface area contributed by atoms with Crippen LogP contribution in [0.4, 0.5) is 0 Å². The predicted octanol–water partition coefficient (Wildman–Crippen LogP) is 4.08. The van der Waals surface area contributed by atoms with Crippen LogP contribution in [-0.2, 0) is 4.79 Å². The molecular weight excluding hydrogens is 316 g/mol. The summed E-state index contributed by atoms with van der Waals surface area (Å²) < 4.78 is 10.7. The molecule has 0 saturated heterocycles. The van der Waals surface area contributed by atoms with Crippen LogP contribution in [0.3, 0.4) is 0 Å². The van der Waals surface area contributed by atoms with Gasteiger partial charge in [-0.15, -0.1) is 0 Å². The maximum absolute atomic E-state index is 12.2. The number of ether oxygens (including phenoxy) is 1. The maximum atomic E-state index is 12.2. The van der Waals surface area contributed by atoms with Crippen LogP contribution < -0.4 is 10.4 Å². The van der Waals surface area contributed by atoms with Gasteiger partial charge in [0.05, 0.1) is 5.56 Å². The molecule has 3 rings (SSSR count). The maximum Gasteiger partial charge on any atom is 0.344 e. The summed E-state index contributed by atoms with van der Waals surface area (Å²) in [7, 11) is 0. The number of hydrogen-bond acceptors (Lipinski definition) is 4. The van der Waals surface area contributed by atoms with E-state index in [2.05, 4.69) is 0 Å². The lowest BCUT2D eigenvalue weighted by Crippen LogP contribution is -2.06. The van der Waals surface area contributed by atoms with E-state index in [9.17, 15) is 9.59 Å². The van der Waals surface area contributed by atoms with Gasteiger partial charge in [0.25, 0.3) is 0 Å². The van der Waals surface area contributed by atoms with Crippen molar-refractivity contribution in [2.75, 3.05) is 6.61 Å². The Labute approximate surface area is 137 Å².